The molecule has 0 spiro atoms. The van der Waals surface area contributed by atoms with Crippen molar-refractivity contribution in [1.29, 1.82) is 0 Å². The smallest absolute Gasteiger partial charge is 0.454 e. The molecule has 0 unspecified atom stereocenters. The number of thioether (sulfide) groups is 2. The number of hydrogen-bond donors (Lipinski definition) is 2. The Kier molecular flexibility index (Phi) is 8.82. The summed E-state index contributed by atoms with van der Waals surface area (Å²) in [5.41, 5.74) is 1.22. The van der Waals surface area contributed by atoms with Gasteiger partial charge in [0.1, 0.15) is 5.75 Å². The van der Waals surface area contributed by atoms with E-state index in [1.54, 1.807) is 30.3 Å². The third kappa shape index (κ3) is 7.40. The molecule has 0 amide bonds. The maximum atomic E-state index is 12.2. The van der Waals surface area contributed by atoms with Crippen molar-refractivity contribution in [2.24, 2.45) is 0 Å². The van der Waals surface area contributed by atoms with Crippen LogP contribution in [0.1, 0.15) is 0 Å². The summed E-state index contributed by atoms with van der Waals surface area (Å²) in [6.07, 6.45) is -8.63. The molecule has 4 rings (SSSR count). The molecule has 0 aliphatic carbocycles. The Hall–Kier alpha value is -2.75. The summed E-state index contributed by atoms with van der Waals surface area (Å²) in [6, 6.07) is 8.33. The van der Waals surface area contributed by atoms with Gasteiger partial charge in [-0.05, 0) is 18.2 Å². The molecule has 2 aliphatic heterocycles. The summed E-state index contributed by atoms with van der Waals surface area (Å²) in [5, 5.41) is 5.73. The molecule has 2 N–H and O–H groups in total. The minimum Gasteiger partial charge on any atom is -0.497 e. The fourth-order valence-corrected chi connectivity index (χ4v) is 5.15. The van der Waals surface area contributed by atoms with Gasteiger partial charge in [0.05, 0.1) is 17.8 Å². The van der Waals surface area contributed by atoms with Crippen LogP contribution >= 0.6 is 23.5 Å². The number of alkyl halides is 6. The SMILES string of the molecule is COc1c[c]([Co])c2c(c1)SC(=CC(=O)C(F)(F)F)N2.COc1ccc2c(c1)SC(=CC(=O)C(F)(F)F)N2. The molecule has 0 radical (unpaired) electrons. The van der Waals surface area contributed by atoms with Crippen LogP contribution in [0.4, 0.5) is 37.7 Å². The molecule has 0 saturated carbocycles. The van der Waals surface area contributed by atoms with Crippen LogP contribution in [0.2, 0.25) is 0 Å². The predicted octanol–water partition coefficient (Wildman–Crippen LogP) is 5.54. The van der Waals surface area contributed by atoms with Gasteiger partial charge in [-0.1, -0.05) is 11.8 Å². The molecule has 200 valence electrons. The second kappa shape index (κ2) is 11.3. The zero-order valence-electron chi connectivity index (χ0n) is 18.6. The topological polar surface area (TPSA) is 76.7 Å². The molecule has 2 heterocycles. The summed E-state index contributed by atoms with van der Waals surface area (Å²) in [5.74, 6) is -2.63. The summed E-state index contributed by atoms with van der Waals surface area (Å²) in [6.45, 7) is 0. The number of fused-ring (bicyclic) bond motifs is 2. The average molecular weight is 608 g/mol. The van der Waals surface area contributed by atoms with Crippen molar-refractivity contribution in [3.8, 4) is 11.5 Å². The van der Waals surface area contributed by atoms with Crippen LogP contribution in [0.3, 0.4) is 0 Å². The number of anilines is 2. The van der Waals surface area contributed by atoms with Gasteiger partial charge < -0.3 is 10.1 Å². The van der Waals surface area contributed by atoms with Crippen LogP contribution in [0, 0.1) is 0 Å². The van der Waals surface area contributed by atoms with Gasteiger partial charge in [-0.3, -0.25) is 4.79 Å². The van der Waals surface area contributed by atoms with Crippen molar-refractivity contribution in [3.05, 3.63) is 52.5 Å². The van der Waals surface area contributed by atoms with E-state index >= 15 is 0 Å². The predicted molar refractivity (Wildman–Crippen MR) is 123 cm³/mol. The first-order valence-electron chi connectivity index (χ1n) is 9.80. The zero-order chi connectivity index (χ0) is 27.5. The van der Waals surface area contributed by atoms with E-state index in [1.807, 2.05) is 0 Å². The molecule has 0 bridgehead atoms. The molecule has 0 aromatic heterocycles. The van der Waals surface area contributed by atoms with E-state index in [9.17, 15) is 35.9 Å². The monoisotopic (exact) mass is 608 g/mol. The fraction of sp³-hybridized carbons (Fsp3) is 0.182. The van der Waals surface area contributed by atoms with Gasteiger partial charge in [0.15, 0.2) is 0 Å². The number of ketones is 2. The van der Waals surface area contributed by atoms with Crippen LogP contribution in [-0.4, -0.2) is 38.1 Å². The normalized spacial score (nSPS) is 16.3. The second-order valence-corrected chi connectivity index (χ2v) is 9.74. The molecule has 0 fully saturated rings. The first kappa shape index (κ1) is 28.8. The summed E-state index contributed by atoms with van der Waals surface area (Å²) in [4.78, 5) is 23.1. The molecule has 0 saturated heterocycles. The zero-order valence-corrected chi connectivity index (χ0v) is 21.3. The van der Waals surface area contributed by atoms with Gasteiger partial charge in [-0.2, -0.15) is 13.2 Å². The number of methoxy groups -OCH3 is 2. The average Bonchev–Trinajstić information content (AvgIpc) is 3.40. The van der Waals surface area contributed by atoms with Crippen molar-refractivity contribution in [2.75, 3.05) is 24.9 Å². The summed E-state index contributed by atoms with van der Waals surface area (Å²) < 4.78 is 83.3. The minimum atomic E-state index is -4.87. The molecule has 15 heteroatoms. The van der Waals surface area contributed by atoms with Crippen LogP contribution in [0.15, 0.2) is 62.3 Å². The summed E-state index contributed by atoms with van der Waals surface area (Å²) >= 11 is 6.35. The number of carbonyl (C=O) groups excluding carboxylic acids is 2. The van der Waals surface area contributed by atoms with Crippen LogP contribution in [-0.2, 0) is 25.3 Å². The first-order chi connectivity index (χ1) is 17.2. The van der Waals surface area contributed by atoms with Crippen LogP contribution < -0.4 is 24.6 Å². The van der Waals surface area contributed by atoms with E-state index in [2.05, 4.69) is 26.4 Å². The largest absolute Gasteiger partial charge is 0.497 e. The number of allylic oxidation sites excluding steroid dienone is 2. The molecular formula is C22H15CoF6N2O4S2. The first-order valence-corrected chi connectivity index (χ1v) is 12.0. The van der Waals surface area contributed by atoms with Crippen molar-refractivity contribution in [1.82, 2.24) is 0 Å². The van der Waals surface area contributed by atoms with E-state index < -0.39 is 23.9 Å². The molecule has 2 aromatic carbocycles. The van der Waals surface area contributed by atoms with Crippen molar-refractivity contribution >= 4 is 51.0 Å². The fourth-order valence-electron chi connectivity index (χ4n) is 2.76. The Bertz CT molecular complexity index is 1300. The van der Waals surface area contributed by atoms with E-state index in [0.29, 0.717) is 44.4 Å². The second-order valence-electron chi connectivity index (χ2n) is 7.02. The van der Waals surface area contributed by atoms with Crippen LogP contribution in [0.5, 0.6) is 11.5 Å². The van der Waals surface area contributed by atoms with Crippen molar-refractivity contribution in [2.45, 2.75) is 22.1 Å². The maximum Gasteiger partial charge on any atom is 0.454 e. The van der Waals surface area contributed by atoms with E-state index in [0.717, 1.165) is 28.4 Å². The van der Waals surface area contributed by atoms with Gasteiger partial charge >= 0.3 is 125 Å². The number of carbonyl (C=O) groups is 2. The number of halogens is 6. The van der Waals surface area contributed by atoms with Gasteiger partial charge in [-0.15, -0.1) is 0 Å². The number of benzene rings is 2. The van der Waals surface area contributed by atoms with Gasteiger partial charge in [0, 0.05) is 11.0 Å². The molecule has 2 aliphatic rings. The Morgan fingerprint density at radius 2 is 1.32 bits per heavy atom. The summed E-state index contributed by atoms with van der Waals surface area (Å²) in [7, 11) is 2.98. The Morgan fingerprint density at radius 1 is 0.811 bits per heavy atom. The van der Waals surface area contributed by atoms with Gasteiger partial charge in [0.25, 0.3) is 5.78 Å². The van der Waals surface area contributed by atoms with Gasteiger partial charge in [-0.25, -0.2) is 0 Å². The van der Waals surface area contributed by atoms with E-state index in [4.69, 9.17) is 9.47 Å². The number of ether oxygens (including phenoxy) is 2. The van der Waals surface area contributed by atoms with Crippen molar-refractivity contribution in [3.63, 3.8) is 0 Å². The Labute approximate surface area is 222 Å². The third-order valence-corrected chi connectivity index (χ3v) is 6.85. The molecular weight excluding hydrogens is 593 g/mol. The number of rotatable bonds is 4. The molecule has 37 heavy (non-hydrogen) atoms. The minimum absolute atomic E-state index is 0.111. The quantitative estimate of drug-likeness (QED) is 0.346. The van der Waals surface area contributed by atoms with Gasteiger partial charge in [0.2, 0.25) is 0 Å². The molecule has 2 aromatic rings. The van der Waals surface area contributed by atoms with E-state index in [1.165, 1.54) is 14.2 Å². The third-order valence-electron chi connectivity index (χ3n) is 4.46. The standard InChI is InChI=1S/C11H8F3NO2S.C11H7F3NO2S.Co/c2*1-17-6-2-3-7-8(4-6)18-10(15-7)5-9(16)11(12,13)14;/h2-5,15H,1H3;2,4-5,15H,1H3;. The molecule has 0 atom stereocenters. The number of hydrogen-bond acceptors (Lipinski definition) is 8. The van der Waals surface area contributed by atoms with E-state index in [-0.39, 0.29) is 10.1 Å². The maximum absolute atomic E-state index is 12.2. The Balaban J connectivity index is 0.000000206. The van der Waals surface area contributed by atoms with Crippen molar-refractivity contribution < 1.29 is 61.1 Å². The Morgan fingerprint density at radius 3 is 1.86 bits per heavy atom. The number of nitrogens with one attached hydrogen (secondary N) is 2. The van der Waals surface area contributed by atoms with Crippen LogP contribution in [0.25, 0.3) is 0 Å². The molecule has 6 nitrogen and oxygen atoms in total.